The molecular weight excluding hydrogens is 390 g/mol. The van der Waals surface area contributed by atoms with Gasteiger partial charge in [0.15, 0.2) is 11.7 Å². The fourth-order valence-corrected chi connectivity index (χ4v) is 2.25. The molecule has 2 aromatic rings. The summed E-state index contributed by atoms with van der Waals surface area (Å²) in [4.78, 5) is 54.0. The van der Waals surface area contributed by atoms with Gasteiger partial charge in [-0.15, -0.1) is 0 Å². The van der Waals surface area contributed by atoms with Crippen LogP contribution in [0.5, 0.6) is 0 Å². The van der Waals surface area contributed by atoms with Crippen molar-refractivity contribution < 1.29 is 68.9 Å². The Morgan fingerprint density at radius 1 is 1.27 bits per heavy atom. The second-order valence-electron chi connectivity index (χ2n) is 4.98. The minimum atomic E-state index is -4.89. The largest absolute Gasteiger partial charge is 1.00 e. The number of aliphatic hydroxyl groups is 3. The van der Waals surface area contributed by atoms with E-state index in [1.807, 2.05) is 4.98 Å². The van der Waals surface area contributed by atoms with Crippen LogP contribution >= 0.6 is 7.82 Å². The van der Waals surface area contributed by atoms with Crippen molar-refractivity contribution in [2.24, 2.45) is 0 Å². The van der Waals surface area contributed by atoms with E-state index in [1.54, 1.807) is 0 Å². The Hall–Kier alpha value is -0.900. The van der Waals surface area contributed by atoms with Crippen LogP contribution in [-0.4, -0.2) is 69.5 Å². The summed E-state index contributed by atoms with van der Waals surface area (Å²) in [6.07, 6.45) is -3.43. The number of rotatable bonds is 2. The summed E-state index contributed by atoms with van der Waals surface area (Å²) in [6.45, 7) is -0.474. The fourth-order valence-electron chi connectivity index (χ4n) is 2.25. The monoisotopic (exact) mass is 404 g/mol. The first-order valence-electron chi connectivity index (χ1n) is 6.61. The minimum Gasteiger partial charge on any atom is -0.756 e. The molecule has 0 aromatic carbocycles. The SMILES string of the molecule is O=P([O-])(O)O.O=c1[nH]c(=O)c2ncn([C@@H]3O[C@H](CO)[C@@H](O)[C@H]3O)c2[nH]1.[Na+]. The predicted octanol–water partition coefficient (Wildman–Crippen LogP) is -7.53. The maximum absolute atomic E-state index is 11.6. The van der Waals surface area contributed by atoms with Gasteiger partial charge in [-0.3, -0.25) is 23.9 Å². The summed E-state index contributed by atoms with van der Waals surface area (Å²) in [5, 5.41) is 28.7. The molecule has 1 saturated heterocycles. The molecule has 0 spiro atoms. The molecule has 0 radical (unpaired) electrons. The third kappa shape index (κ3) is 5.31. The normalized spacial score (nSPS) is 25.5. The molecule has 26 heavy (non-hydrogen) atoms. The first-order valence-corrected chi connectivity index (χ1v) is 8.14. The average Bonchev–Trinajstić information content (AvgIpc) is 3.00. The van der Waals surface area contributed by atoms with E-state index in [1.165, 1.54) is 10.9 Å². The van der Waals surface area contributed by atoms with Gasteiger partial charge in [0.2, 0.25) is 0 Å². The molecule has 0 aliphatic carbocycles. The van der Waals surface area contributed by atoms with Gasteiger partial charge in [0.05, 0.1) is 12.9 Å². The number of hydrogen-bond donors (Lipinski definition) is 7. The molecule has 16 heteroatoms. The first kappa shape index (κ1) is 23.1. The molecule has 1 aliphatic rings. The molecule has 0 amide bonds. The summed E-state index contributed by atoms with van der Waals surface area (Å²) in [5.74, 6) is 0. The molecule has 1 aliphatic heterocycles. The van der Waals surface area contributed by atoms with Gasteiger partial charge in [-0.2, -0.15) is 0 Å². The Balaban J connectivity index is 0.000000501. The third-order valence-electron chi connectivity index (χ3n) is 3.26. The molecule has 1 fully saturated rings. The third-order valence-corrected chi connectivity index (χ3v) is 3.26. The number of nitrogens with one attached hydrogen (secondary N) is 2. The van der Waals surface area contributed by atoms with Crippen molar-refractivity contribution in [1.82, 2.24) is 19.5 Å². The molecule has 3 heterocycles. The maximum Gasteiger partial charge on any atom is 1.00 e. The van der Waals surface area contributed by atoms with Crippen molar-refractivity contribution in [3.05, 3.63) is 27.2 Å². The van der Waals surface area contributed by atoms with Crippen LogP contribution in [0.1, 0.15) is 6.23 Å². The Labute approximate surface area is 165 Å². The van der Waals surface area contributed by atoms with E-state index >= 15 is 0 Å². The maximum atomic E-state index is 11.6. The first-order chi connectivity index (χ1) is 11.5. The quantitative estimate of drug-likeness (QED) is 0.183. The molecule has 3 rings (SSSR count). The number of aromatic nitrogens is 4. The number of ether oxygens (including phenoxy) is 1. The van der Waals surface area contributed by atoms with Crippen molar-refractivity contribution >= 4 is 19.0 Å². The number of aromatic amines is 2. The fraction of sp³-hybridized carbons (Fsp3) is 0.500. The number of imidazole rings is 1. The van der Waals surface area contributed by atoms with Gasteiger partial charge in [0.25, 0.3) is 13.4 Å². The number of aliphatic hydroxyl groups excluding tert-OH is 3. The number of hydrogen-bond acceptors (Lipinski definition) is 9. The summed E-state index contributed by atoms with van der Waals surface area (Å²) in [7, 11) is -4.89. The summed E-state index contributed by atoms with van der Waals surface area (Å²) in [6, 6.07) is 0. The molecule has 7 N–H and O–H groups in total. The van der Waals surface area contributed by atoms with Crippen LogP contribution in [0.25, 0.3) is 11.2 Å². The molecule has 0 saturated carbocycles. The average molecular weight is 404 g/mol. The van der Waals surface area contributed by atoms with Crippen molar-refractivity contribution in [2.45, 2.75) is 24.5 Å². The molecule has 0 unspecified atom stereocenters. The van der Waals surface area contributed by atoms with Gasteiger partial charge in [0.1, 0.15) is 24.0 Å². The van der Waals surface area contributed by atoms with E-state index in [2.05, 4.69) is 9.97 Å². The molecule has 4 atom stereocenters. The summed E-state index contributed by atoms with van der Waals surface area (Å²) < 4.78 is 15.3. The van der Waals surface area contributed by atoms with E-state index in [4.69, 9.17) is 29.1 Å². The summed E-state index contributed by atoms with van der Waals surface area (Å²) >= 11 is 0. The number of phosphoric acid groups is 1. The van der Waals surface area contributed by atoms with Crippen LogP contribution in [0.4, 0.5) is 0 Å². The Bertz CT molecular complexity index is 897. The summed E-state index contributed by atoms with van der Waals surface area (Å²) in [5.41, 5.74) is -1.36. The van der Waals surface area contributed by atoms with Crippen LogP contribution in [0.2, 0.25) is 0 Å². The second-order valence-corrected chi connectivity index (χ2v) is 5.96. The molecule has 0 bridgehead atoms. The number of H-pyrrole nitrogens is 2. The second kappa shape index (κ2) is 8.86. The van der Waals surface area contributed by atoms with E-state index in [0.717, 1.165) is 0 Å². The number of fused-ring (bicyclic) bond motifs is 1. The van der Waals surface area contributed by atoms with Crippen LogP contribution < -0.4 is 45.7 Å². The Morgan fingerprint density at radius 3 is 2.35 bits per heavy atom. The standard InChI is InChI=1S/C10H12N4O6.Na.H3O4P/c15-1-3-5(16)6(17)9(20-3)14-2-11-4-7(14)12-10(19)13-8(4)18;;1-5(2,3)4/h2-3,5-6,9,15-17H,1H2,(H2,12,13,18,19);;(H3,1,2,3,4)/q;+1;/p-1/t3-,5-,6-,9-;;/m1../s1. The van der Waals surface area contributed by atoms with Gasteiger partial charge >= 0.3 is 35.2 Å². The van der Waals surface area contributed by atoms with Gasteiger partial charge in [-0.05, 0) is 0 Å². The Kier molecular flexibility index (Phi) is 7.88. The van der Waals surface area contributed by atoms with Gasteiger partial charge in [-0.25, -0.2) is 9.78 Å². The minimum absolute atomic E-state index is 0. The Morgan fingerprint density at radius 2 is 1.85 bits per heavy atom. The van der Waals surface area contributed by atoms with Crippen LogP contribution in [0, 0.1) is 0 Å². The van der Waals surface area contributed by atoms with E-state index in [0.29, 0.717) is 0 Å². The van der Waals surface area contributed by atoms with Gasteiger partial charge in [0, 0.05) is 0 Å². The van der Waals surface area contributed by atoms with Crippen LogP contribution in [0.15, 0.2) is 15.9 Å². The molecule has 14 nitrogen and oxygen atoms in total. The van der Waals surface area contributed by atoms with E-state index < -0.39 is 50.2 Å². The molecular formula is C10H14N4NaO10P. The topological polar surface area (TPSA) is 234 Å². The van der Waals surface area contributed by atoms with Crippen molar-refractivity contribution in [2.75, 3.05) is 6.61 Å². The zero-order valence-electron chi connectivity index (χ0n) is 13.2. The zero-order valence-corrected chi connectivity index (χ0v) is 16.1. The van der Waals surface area contributed by atoms with E-state index in [-0.39, 0.29) is 40.7 Å². The predicted molar refractivity (Wildman–Crippen MR) is 76.0 cm³/mol. The van der Waals surface area contributed by atoms with E-state index in [9.17, 15) is 19.8 Å². The van der Waals surface area contributed by atoms with Gasteiger partial charge in [-0.1, -0.05) is 0 Å². The molecule has 140 valence electrons. The van der Waals surface area contributed by atoms with Crippen molar-refractivity contribution in [3.63, 3.8) is 0 Å². The number of nitrogens with zero attached hydrogens (tertiary/aromatic N) is 2. The van der Waals surface area contributed by atoms with Crippen molar-refractivity contribution in [3.8, 4) is 0 Å². The van der Waals surface area contributed by atoms with Crippen LogP contribution in [0.3, 0.4) is 0 Å². The zero-order chi connectivity index (χ0) is 18.9. The smallest absolute Gasteiger partial charge is 0.756 e. The molecule has 2 aromatic heterocycles. The van der Waals surface area contributed by atoms with Crippen molar-refractivity contribution in [1.29, 1.82) is 0 Å². The van der Waals surface area contributed by atoms with Crippen LogP contribution in [-0.2, 0) is 9.30 Å². The van der Waals surface area contributed by atoms with Gasteiger partial charge < -0.3 is 34.7 Å².